The van der Waals surface area contributed by atoms with Crippen molar-refractivity contribution in [2.75, 3.05) is 33.4 Å². The highest BCUT2D eigenvalue weighted by Gasteiger charge is 2.45. The predicted molar refractivity (Wildman–Crippen MR) is 89.3 cm³/mol. The lowest BCUT2D eigenvalue weighted by atomic mass is 10.1. The molecule has 23 heavy (non-hydrogen) atoms. The van der Waals surface area contributed by atoms with E-state index in [0.29, 0.717) is 24.7 Å². The maximum absolute atomic E-state index is 13.6. The summed E-state index contributed by atoms with van der Waals surface area (Å²) in [5, 5.41) is 0.417. The molecule has 1 rings (SSSR count). The minimum Gasteiger partial charge on any atom is -0.383 e. The van der Waals surface area contributed by atoms with Gasteiger partial charge in [0.2, 0.25) is 0 Å². The number of hydrogen-bond acceptors (Lipinski definition) is 4. The van der Waals surface area contributed by atoms with Crippen molar-refractivity contribution in [2.24, 2.45) is 0 Å². The van der Waals surface area contributed by atoms with E-state index in [-0.39, 0.29) is 12.1 Å². The number of rotatable bonds is 9. The summed E-state index contributed by atoms with van der Waals surface area (Å²) in [5.74, 6) is 0. The molecule has 0 aromatic heterocycles. The molecule has 0 fully saturated rings. The van der Waals surface area contributed by atoms with E-state index in [0.717, 1.165) is 12.1 Å². The number of alkyl halides is 3. The van der Waals surface area contributed by atoms with Crippen molar-refractivity contribution < 1.29 is 17.9 Å². The van der Waals surface area contributed by atoms with Crippen LogP contribution in [0.4, 0.5) is 13.2 Å². The Morgan fingerprint density at radius 2 is 1.78 bits per heavy atom. The zero-order valence-corrected chi connectivity index (χ0v) is 15.0. The third-order valence-corrected chi connectivity index (χ3v) is 4.82. The molecule has 0 saturated heterocycles. The number of halogens is 4. The first-order chi connectivity index (χ1) is 10.8. The largest absolute Gasteiger partial charge is 0.409 e. The van der Waals surface area contributed by atoms with Gasteiger partial charge in [-0.1, -0.05) is 37.6 Å². The summed E-state index contributed by atoms with van der Waals surface area (Å²) < 4.78 is 49.0. The van der Waals surface area contributed by atoms with Gasteiger partial charge < -0.3 is 4.74 Å². The fraction of sp³-hybridized carbons (Fsp3) is 0.600. The molecule has 0 amide bonds. The van der Waals surface area contributed by atoms with Crippen LogP contribution in [0.15, 0.2) is 24.3 Å². The van der Waals surface area contributed by atoms with Gasteiger partial charge in [0.15, 0.2) is 0 Å². The van der Waals surface area contributed by atoms with Crippen LogP contribution in [0.3, 0.4) is 0 Å². The molecule has 0 unspecified atom stereocenters. The van der Waals surface area contributed by atoms with E-state index in [2.05, 4.69) is 0 Å². The van der Waals surface area contributed by atoms with E-state index >= 15 is 0 Å². The van der Waals surface area contributed by atoms with Gasteiger partial charge in [-0.25, -0.2) is 8.61 Å². The van der Waals surface area contributed by atoms with Crippen LogP contribution >= 0.6 is 23.7 Å². The number of likely N-dealkylation sites (N-methyl/N-ethyl adjacent to an activating group) is 1. The standard InChI is InChI=1S/C15H22ClF3N2OS/c1-4-20(10-11-22-3)23-21(5-2)14(15(17,18)19)12-6-8-13(16)9-7-12/h6-9,14H,4-5,10-11H2,1-3H3/t14-/m1/s1. The Morgan fingerprint density at radius 1 is 1.17 bits per heavy atom. The molecule has 0 aliphatic rings. The molecule has 1 aromatic rings. The van der Waals surface area contributed by atoms with Crippen LogP contribution in [-0.2, 0) is 4.74 Å². The van der Waals surface area contributed by atoms with Crippen molar-refractivity contribution in [1.29, 1.82) is 0 Å². The maximum atomic E-state index is 13.6. The van der Waals surface area contributed by atoms with Gasteiger partial charge in [0.1, 0.15) is 6.04 Å². The molecule has 0 aliphatic carbocycles. The second kappa shape index (κ2) is 9.74. The average Bonchev–Trinajstić information content (AvgIpc) is 2.50. The molecule has 0 heterocycles. The molecule has 8 heteroatoms. The lowest BCUT2D eigenvalue weighted by molar-refractivity contribution is -0.172. The van der Waals surface area contributed by atoms with Gasteiger partial charge in [-0.3, -0.25) is 0 Å². The fourth-order valence-corrected chi connectivity index (χ4v) is 3.19. The third kappa shape index (κ3) is 6.51. The van der Waals surface area contributed by atoms with Gasteiger partial charge in [0.05, 0.1) is 6.61 Å². The van der Waals surface area contributed by atoms with E-state index in [1.54, 1.807) is 14.0 Å². The Morgan fingerprint density at radius 3 is 2.22 bits per heavy atom. The van der Waals surface area contributed by atoms with Gasteiger partial charge in [-0.05, 0) is 17.7 Å². The van der Waals surface area contributed by atoms with Gasteiger partial charge >= 0.3 is 6.18 Å². The minimum atomic E-state index is -4.38. The van der Waals surface area contributed by atoms with Crippen molar-refractivity contribution >= 4 is 23.7 Å². The van der Waals surface area contributed by atoms with E-state index in [9.17, 15) is 13.2 Å². The quantitative estimate of drug-likeness (QED) is 0.580. The summed E-state index contributed by atoms with van der Waals surface area (Å²) >= 11 is 6.88. The number of methoxy groups -OCH3 is 1. The summed E-state index contributed by atoms with van der Waals surface area (Å²) in [7, 11) is 1.57. The molecule has 3 nitrogen and oxygen atoms in total. The molecule has 0 spiro atoms. The minimum absolute atomic E-state index is 0.180. The third-order valence-electron chi connectivity index (χ3n) is 3.21. The van der Waals surface area contributed by atoms with Crippen LogP contribution in [0.1, 0.15) is 25.5 Å². The lowest BCUT2D eigenvalue weighted by Gasteiger charge is -2.34. The first-order valence-electron chi connectivity index (χ1n) is 7.34. The van der Waals surface area contributed by atoms with Crippen LogP contribution in [0.5, 0.6) is 0 Å². The summed E-state index contributed by atoms with van der Waals surface area (Å²) in [5.41, 5.74) is 0.180. The van der Waals surface area contributed by atoms with Gasteiger partial charge in [-0.15, -0.1) is 0 Å². The molecule has 132 valence electrons. The van der Waals surface area contributed by atoms with Crippen LogP contribution in [-0.4, -0.2) is 48.1 Å². The fourth-order valence-electron chi connectivity index (χ4n) is 2.05. The summed E-state index contributed by atoms with van der Waals surface area (Å²) in [6, 6.07) is 4.13. The van der Waals surface area contributed by atoms with Crippen LogP contribution in [0.2, 0.25) is 5.02 Å². The molecule has 0 radical (unpaired) electrons. The normalized spacial score (nSPS) is 13.8. The first-order valence-corrected chi connectivity index (χ1v) is 8.45. The van der Waals surface area contributed by atoms with Crippen molar-refractivity contribution in [2.45, 2.75) is 26.1 Å². The molecular weight excluding hydrogens is 349 g/mol. The molecular formula is C15H22ClF3N2OS. The Bertz CT molecular complexity index is 459. The van der Waals surface area contributed by atoms with E-state index < -0.39 is 12.2 Å². The van der Waals surface area contributed by atoms with Crippen LogP contribution < -0.4 is 0 Å². The van der Waals surface area contributed by atoms with Crippen molar-refractivity contribution in [3.05, 3.63) is 34.9 Å². The Labute approximate surface area is 145 Å². The highest BCUT2D eigenvalue weighted by atomic mass is 35.5. The molecule has 1 aromatic carbocycles. The van der Waals surface area contributed by atoms with Crippen molar-refractivity contribution in [3.63, 3.8) is 0 Å². The summed E-state index contributed by atoms with van der Waals surface area (Å²) in [6.07, 6.45) is -4.38. The number of hydrogen-bond donors (Lipinski definition) is 0. The maximum Gasteiger partial charge on any atom is 0.409 e. The highest BCUT2D eigenvalue weighted by Crippen LogP contribution is 2.41. The van der Waals surface area contributed by atoms with Crippen molar-refractivity contribution in [3.8, 4) is 0 Å². The lowest BCUT2D eigenvalue weighted by Crippen LogP contribution is -2.37. The van der Waals surface area contributed by atoms with Gasteiger partial charge in [0.25, 0.3) is 0 Å². The van der Waals surface area contributed by atoms with E-state index in [1.807, 2.05) is 11.2 Å². The van der Waals surface area contributed by atoms with E-state index in [1.165, 1.54) is 28.6 Å². The molecule has 0 saturated carbocycles. The highest BCUT2D eigenvalue weighted by molar-refractivity contribution is 7.94. The van der Waals surface area contributed by atoms with Gasteiger partial charge in [0, 0.05) is 43.9 Å². The van der Waals surface area contributed by atoms with Crippen LogP contribution in [0, 0.1) is 0 Å². The first kappa shape index (κ1) is 20.6. The Balaban J connectivity index is 3.00. The zero-order valence-electron chi connectivity index (χ0n) is 13.4. The molecule has 0 aliphatic heterocycles. The molecule has 1 atom stereocenters. The van der Waals surface area contributed by atoms with Crippen molar-refractivity contribution in [1.82, 2.24) is 8.61 Å². The number of nitrogens with zero attached hydrogens (tertiary/aromatic N) is 2. The number of ether oxygens (including phenoxy) is 1. The second-order valence-corrected chi connectivity index (χ2v) is 6.41. The Hall–Kier alpha value is -0.470. The van der Waals surface area contributed by atoms with E-state index in [4.69, 9.17) is 16.3 Å². The average molecular weight is 371 g/mol. The van der Waals surface area contributed by atoms with Crippen LogP contribution in [0.25, 0.3) is 0 Å². The zero-order chi connectivity index (χ0) is 17.5. The summed E-state index contributed by atoms with van der Waals surface area (Å²) in [6.45, 7) is 5.51. The monoisotopic (exact) mass is 370 g/mol. The topological polar surface area (TPSA) is 15.7 Å². The second-order valence-electron chi connectivity index (χ2n) is 4.83. The smallest absolute Gasteiger partial charge is 0.383 e. The number of benzene rings is 1. The molecule has 0 bridgehead atoms. The predicted octanol–water partition coefficient (Wildman–Crippen LogP) is 4.80. The molecule has 0 N–H and O–H groups in total. The SMILES string of the molecule is CCN(CCOC)SN(CC)[C@H](c1ccc(Cl)cc1)C(F)(F)F. The summed E-state index contributed by atoms with van der Waals surface area (Å²) in [4.78, 5) is 0. The Kier molecular flexibility index (Phi) is 8.71. The van der Waals surface area contributed by atoms with Gasteiger partial charge in [-0.2, -0.15) is 13.2 Å².